The van der Waals surface area contributed by atoms with Crippen LogP contribution < -0.4 is 5.73 Å². The molecule has 1 aliphatic rings. The normalized spacial score (nSPS) is 21.9. The molecule has 1 aliphatic heterocycles. The molecule has 9 heteroatoms. The highest BCUT2D eigenvalue weighted by molar-refractivity contribution is 6.30. The average Bonchev–Trinajstić information content (AvgIpc) is 2.73. The number of benzene rings is 2. The van der Waals surface area contributed by atoms with Crippen molar-refractivity contribution < 1.29 is 24.2 Å². The molecule has 7 nitrogen and oxygen atoms in total. The Labute approximate surface area is 196 Å². The molecule has 0 spiro atoms. The molecule has 1 heterocycles. The van der Waals surface area contributed by atoms with Gasteiger partial charge in [-0.05, 0) is 41.8 Å². The molecule has 170 valence electrons. The number of halogens is 2. The van der Waals surface area contributed by atoms with Crippen LogP contribution in [-0.4, -0.2) is 39.9 Å². The smallest absolute Gasteiger partial charge is 0.306 e. The van der Waals surface area contributed by atoms with Crippen molar-refractivity contribution in [3.63, 3.8) is 0 Å². The van der Waals surface area contributed by atoms with Gasteiger partial charge in [0.15, 0.2) is 0 Å². The van der Waals surface area contributed by atoms with Gasteiger partial charge in [0, 0.05) is 10.0 Å². The van der Waals surface area contributed by atoms with Gasteiger partial charge in [-0.15, -0.1) is 0 Å². The molecule has 2 aromatic rings. The number of carbonyl (C=O) groups excluding carboxylic acids is 2. The summed E-state index contributed by atoms with van der Waals surface area (Å²) in [5.41, 5.74) is 7.02. The van der Waals surface area contributed by atoms with Crippen LogP contribution in [0.1, 0.15) is 49.5 Å². The van der Waals surface area contributed by atoms with E-state index >= 15 is 0 Å². The third-order valence-corrected chi connectivity index (χ3v) is 5.89. The lowest BCUT2D eigenvalue weighted by Gasteiger charge is -2.47. The molecule has 2 aromatic carbocycles. The SMILES string of the molecule is CCCC(C(N)=O)N1C(=O)[C@H](CC(=O)O)O[C@@H](c2cccc(Cl)c2)[C@H]1c1ccc(Cl)cc1. The van der Waals surface area contributed by atoms with Gasteiger partial charge in [0.1, 0.15) is 18.2 Å². The summed E-state index contributed by atoms with van der Waals surface area (Å²) in [6, 6.07) is 12.1. The summed E-state index contributed by atoms with van der Waals surface area (Å²) < 4.78 is 6.07. The summed E-state index contributed by atoms with van der Waals surface area (Å²) in [5.74, 6) is -2.45. The monoisotopic (exact) mass is 478 g/mol. The molecular weight excluding hydrogens is 455 g/mol. The van der Waals surface area contributed by atoms with Crippen LogP contribution in [-0.2, 0) is 19.1 Å². The molecule has 1 unspecified atom stereocenters. The van der Waals surface area contributed by atoms with Gasteiger partial charge in [-0.1, -0.05) is 60.8 Å². The van der Waals surface area contributed by atoms with Gasteiger partial charge < -0.3 is 20.5 Å². The number of ether oxygens (including phenoxy) is 1. The number of nitrogens with two attached hydrogens (primary N) is 1. The number of carboxylic acid groups (broad SMARTS) is 1. The number of hydrogen-bond acceptors (Lipinski definition) is 4. The maximum atomic E-state index is 13.5. The van der Waals surface area contributed by atoms with E-state index in [1.165, 1.54) is 4.90 Å². The molecule has 2 amide bonds. The fourth-order valence-corrected chi connectivity index (χ4v) is 4.36. The minimum Gasteiger partial charge on any atom is -0.481 e. The summed E-state index contributed by atoms with van der Waals surface area (Å²) in [6.07, 6.45) is -1.68. The molecule has 1 saturated heterocycles. The second kappa shape index (κ2) is 10.3. The first-order valence-electron chi connectivity index (χ1n) is 10.2. The van der Waals surface area contributed by atoms with E-state index < -0.39 is 48.5 Å². The van der Waals surface area contributed by atoms with E-state index in [0.29, 0.717) is 34.0 Å². The molecule has 0 radical (unpaired) electrons. The predicted molar refractivity (Wildman–Crippen MR) is 120 cm³/mol. The van der Waals surface area contributed by atoms with E-state index in [-0.39, 0.29) is 0 Å². The summed E-state index contributed by atoms with van der Waals surface area (Å²) in [5, 5.41) is 10.3. The third-order valence-electron chi connectivity index (χ3n) is 5.40. The Morgan fingerprint density at radius 1 is 1.12 bits per heavy atom. The zero-order valence-corrected chi connectivity index (χ0v) is 18.9. The summed E-state index contributed by atoms with van der Waals surface area (Å²) in [4.78, 5) is 38.7. The zero-order valence-electron chi connectivity index (χ0n) is 17.4. The summed E-state index contributed by atoms with van der Waals surface area (Å²) in [6.45, 7) is 1.88. The van der Waals surface area contributed by atoms with Gasteiger partial charge in [0.2, 0.25) is 5.91 Å². The highest BCUT2D eigenvalue weighted by Gasteiger charge is 2.48. The van der Waals surface area contributed by atoms with E-state index in [9.17, 15) is 19.5 Å². The van der Waals surface area contributed by atoms with Gasteiger partial charge in [-0.3, -0.25) is 14.4 Å². The fraction of sp³-hybridized carbons (Fsp3) is 0.348. The number of morpholine rings is 1. The Morgan fingerprint density at radius 3 is 2.38 bits per heavy atom. The maximum Gasteiger partial charge on any atom is 0.306 e. The van der Waals surface area contributed by atoms with Crippen LogP contribution >= 0.6 is 23.2 Å². The maximum absolute atomic E-state index is 13.5. The van der Waals surface area contributed by atoms with Gasteiger partial charge in [-0.2, -0.15) is 0 Å². The van der Waals surface area contributed by atoms with Crippen LogP contribution in [0.3, 0.4) is 0 Å². The van der Waals surface area contributed by atoms with E-state index in [1.807, 2.05) is 6.92 Å². The standard InChI is InChI=1S/C23H24Cl2N2O5/c1-2-4-17(22(26)30)27-20(13-7-9-15(24)10-8-13)21(14-5-3-6-16(25)11-14)32-18(23(27)31)12-19(28)29/h3,5-11,17-18,20-21H,2,4,12H2,1H3,(H2,26,30)(H,28,29)/t17?,18-,20+,21-/m0/s1. The van der Waals surface area contributed by atoms with Crippen molar-refractivity contribution in [2.45, 2.75) is 50.5 Å². The van der Waals surface area contributed by atoms with Crippen molar-refractivity contribution in [3.8, 4) is 0 Å². The molecule has 0 aliphatic carbocycles. The van der Waals surface area contributed by atoms with E-state index in [2.05, 4.69) is 0 Å². The zero-order chi connectivity index (χ0) is 23.4. The number of hydrogen-bond donors (Lipinski definition) is 2. The van der Waals surface area contributed by atoms with Crippen LogP contribution in [0.2, 0.25) is 10.0 Å². The molecule has 0 bridgehead atoms. The number of nitrogens with zero attached hydrogens (tertiary/aromatic N) is 1. The highest BCUT2D eigenvalue weighted by atomic mass is 35.5. The first-order chi connectivity index (χ1) is 15.2. The van der Waals surface area contributed by atoms with E-state index in [4.69, 9.17) is 33.7 Å². The fourth-order valence-electron chi connectivity index (χ4n) is 4.03. The first-order valence-corrected chi connectivity index (χ1v) is 11.0. The Hall–Kier alpha value is -2.61. The quantitative estimate of drug-likeness (QED) is 0.592. The van der Waals surface area contributed by atoms with Crippen molar-refractivity contribution in [1.29, 1.82) is 0 Å². The number of primary amides is 1. The predicted octanol–water partition coefficient (Wildman–Crippen LogP) is 4.13. The lowest BCUT2D eigenvalue weighted by atomic mass is 9.89. The average molecular weight is 479 g/mol. The highest BCUT2D eigenvalue weighted by Crippen LogP contribution is 2.44. The molecule has 1 fully saturated rings. The van der Waals surface area contributed by atoms with Gasteiger partial charge in [0.25, 0.3) is 5.91 Å². The van der Waals surface area contributed by atoms with Crippen molar-refractivity contribution in [3.05, 3.63) is 69.7 Å². The van der Waals surface area contributed by atoms with Crippen molar-refractivity contribution in [2.24, 2.45) is 5.73 Å². The molecule has 3 N–H and O–H groups in total. The second-order valence-corrected chi connectivity index (χ2v) is 8.52. The molecule has 32 heavy (non-hydrogen) atoms. The lowest BCUT2D eigenvalue weighted by molar-refractivity contribution is -0.184. The Balaban J connectivity index is 2.20. The van der Waals surface area contributed by atoms with E-state index in [0.717, 1.165) is 0 Å². The molecule has 4 atom stereocenters. The number of aliphatic carboxylic acids is 1. The van der Waals surface area contributed by atoms with Crippen LogP contribution in [0.25, 0.3) is 0 Å². The number of rotatable bonds is 8. The summed E-state index contributed by atoms with van der Waals surface area (Å²) >= 11 is 12.3. The van der Waals surface area contributed by atoms with Crippen molar-refractivity contribution in [1.82, 2.24) is 4.90 Å². The van der Waals surface area contributed by atoms with Gasteiger partial charge >= 0.3 is 5.97 Å². The van der Waals surface area contributed by atoms with Gasteiger partial charge in [0.05, 0.1) is 12.5 Å². The molecule has 0 saturated carbocycles. The Bertz CT molecular complexity index is 998. The van der Waals surface area contributed by atoms with Crippen LogP contribution in [0.4, 0.5) is 0 Å². The van der Waals surface area contributed by atoms with Crippen LogP contribution in [0.15, 0.2) is 48.5 Å². The van der Waals surface area contributed by atoms with Gasteiger partial charge in [-0.25, -0.2) is 0 Å². The number of amides is 2. The van der Waals surface area contributed by atoms with Crippen LogP contribution in [0.5, 0.6) is 0 Å². The van der Waals surface area contributed by atoms with Crippen molar-refractivity contribution >= 4 is 41.0 Å². The second-order valence-electron chi connectivity index (χ2n) is 7.65. The largest absolute Gasteiger partial charge is 0.481 e. The number of carbonyl (C=O) groups is 3. The molecule has 0 aromatic heterocycles. The van der Waals surface area contributed by atoms with Crippen molar-refractivity contribution in [2.75, 3.05) is 0 Å². The lowest BCUT2D eigenvalue weighted by Crippen LogP contribution is -2.58. The summed E-state index contributed by atoms with van der Waals surface area (Å²) in [7, 11) is 0. The third kappa shape index (κ3) is 5.23. The molecule has 3 rings (SSSR count). The number of carboxylic acids is 1. The Kier molecular flexibility index (Phi) is 7.77. The topological polar surface area (TPSA) is 110 Å². The minimum absolute atomic E-state index is 0.327. The Morgan fingerprint density at radius 2 is 1.81 bits per heavy atom. The first kappa shape index (κ1) is 24.0. The van der Waals surface area contributed by atoms with E-state index in [1.54, 1.807) is 48.5 Å². The molecular formula is C23H24Cl2N2O5. The van der Waals surface area contributed by atoms with Crippen LogP contribution in [0, 0.1) is 0 Å². The minimum atomic E-state index is -1.28.